The molecule has 0 unspecified atom stereocenters. The van der Waals surface area contributed by atoms with Gasteiger partial charge in [-0.3, -0.25) is 0 Å². The van der Waals surface area contributed by atoms with Gasteiger partial charge < -0.3 is 5.11 Å². The van der Waals surface area contributed by atoms with E-state index in [1.165, 1.54) is 57.8 Å². The van der Waals surface area contributed by atoms with E-state index in [0.717, 1.165) is 6.42 Å². The van der Waals surface area contributed by atoms with Crippen molar-refractivity contribution >= 4 is 0 Å². The van der Waals surface area contributed by atoms with Crippen LogP contribution in [0.2, 0.25) is 0 Å². The molecule has 14 heavy (non-hydrogen) atoms. The molecule has 0 aliphatic heterocycles. The third kappa shape index (κ3) is 15.1. The van der Waals surface area contributed by atoms with Crippen molar-refractivity contribution < 1.29 is 24.6 Å². The van der Waals surface area contributed by atoms with Crippen molar-refractivity contribution in [1.82, 2.24) is 0 Å². The van der Waals surface area contributed by atoms with Gasteiger partial charge in [0.2, 0.25) is 0 Å². The summed E-state index contributed by atoms with van der Waals surface area (Å²) in [4.78, 5) is 0. The van der Waals surface area contributed by atoms with E-state index in [1.807, 2.05) is 0 Å². The molecule has 0 amide bonds. The first-order valence-corrected chi connectivity index (χ1v) is 6.02. The Labute approximate surface area is 102 Å². The summed E-state index contributed by atoms with van der Waals surface area (Å²) in [6.07, 6.45) is 13.3. The zero-order valence-corrected chi connectivity index (χ0v) is 12.9. The summed E-state index contributed by atoms with van der Waals surface area (Å²) in [5.41, 5.74) is 0. The van der Waals surface area contributed by atoms with Gasteiger partial charge in [-0.25, -0.2) is 0 Å². The molecule has 0 aromatic rings. The Morgan fingerprint density at radius 2 is 1.00 bits per heavy atom. The SMILES string of the molecule is CCCCCCCCCCCCO.[Zn]. The monoisotopic (exact) mass is 250 g/mol. The summed E-state index contributed by atoms with van der Waals surface area (Å²) >= 11 is 0. The summed E-state index contributed by atoms with van der Waals surface area (Å²) in [5, 5.41) is 8.57. The fourth-order valence-electron chi connectivity index (χ4n) is 1.60. The maximum atomic E-state index is 8.57. The Morgan fingerprint density at radius 1 is 0.643 bits per heavy atom. The second kappa shape index (κ2) is 16.0. The molecule has 0 radical (unpaired) electrons. The summed E-state index contributed by atoms with van der Waals surface area (Å²) in [6.45, 7) is 2.63. The molecular weight excluding hydrogens is 226 g/mol. The van der Waals surface area contributed by atoms with Crippen LogP contribution in [0.4, 0.5) is 0 Å². The van der Waals surface area contributed by atoms with Crippen LogP contribution in [0, 0.1) is 0 Å². The van der Waals surface area contributed by atoms with E-state index in [4.69, 9.17) is 5.11 Å². The average molecular weight is 252 g/mol. The smallest absolute Gasteiger partial charge is 0.0431 e. The van der Waals surface area contributed by atoms with Gasteiger partial charge in [-0.15, -0.1) is 0 Å². The molecule has 0 spiro atoms. The van der Waals surface area contributed by atoms with Crippen LogP contribution >= 0.6 is 0 Å². The maximum Gasteiger partial charge on any atom is 0.0431 e. The Hall–Kier alpha value is 0.583. The van der Waals surface area contributed by atoms with Crippen molar-refractivity contribution in [3.05, 3.63) is 0 Å². The van der Waals surface area contributed by atoms with E-state index in [-0.39, 0.29) is 19.5 Å². The van der Waals surface area contributed by atoms with Gasteiger partial charge in [-0.05, 0) is 6.42 Å². The van der Waals surface area contributed by atoms with E-state index < -0.39 is 0 Å². The quantitative estimate of drug-likeness (QED) is 0.461. The molecule has 0 bridgehead atoms. The molecule has 82 valence electrons. The summed E-state index contributed by atoms with van der Waals surface area (Å²) in [7, 11) is 0. The average Bonchev–Trinajstić information content (AvgIpc) is 2.16. The second-order valence-corrected chi connectivity index (χ2v) is 3.91. The van der Waals surface area contributed by atoms with Crippen LogP contribution in [-0.2, 0) is 19.5 Å². The first-order chi connectivity index (χ1) is 6.41. The minimum absolute atomic E-state index is 0. The normalized spacial score (nSPS) is 9.86. The van der Waals surface area contributed by atoms with E-state index in [0.29, 0.717) is 6.61 Å². The second-order valence-electron chi connectivity index (χ2n) is 3.91. The molecule has 0 heterocycles. The van der Waals surface area contributed by atoms with Gasteiger partial charge in [0, 0.05) is 26.1 Å². The Morgan fingerprint density at radius 3 is 1.36 bits per heavy atom. The molecule has 1 nitrogen and oxygen atoms in total. The summed E-state index contributed by atoms with van der Waals surface area (Å²) in [5.74, 6) is 0. The molecule has 1 N–H and O–H groups in total. The predicted molar refractivity (Wildman–Crippen MR) is 58.9 cm³/mol. The number of rotatable bonds is 10. The van der Waals surface area contributed by atoms with E-state index >= 15 is 0 Å². The van der Waals surface area contributed by atoms with Crippen molar-refractivity contribution in [2.24, 2.45) is 0 Å². The van der Waals surface area contributed by atoms with Crippen molar-refractivity contribution in [2.75, 3.05) is 6.61 Å². The van der Waals surface area contributed by atoms with E-state index in [9.17, 15) is 0 Å². The van der Waals surface area contributed by atoms with Crippen LogP contribution in [0.3, 0.4) is 0 Å². The van der Waals surface area contributed by atoms with Gasteiger partial charge in [0.05, 0.1) is 0 Å². The zero-order valence-electron chi connectivity index (χ0n) is 9.93. The van der Waals surface area contributed by atoms with Crippen LogP contribution in [-0.4, -0.2) is 11.7 Å². The number of aliphatic hydroxyl groups is 1. The number of aliphatic hydroxyl groups excluding tert-OH is 1. The fraction of sp³-hybridized carbons (Fsp3) is 1.00. The molecule has 0 aromatic carbocycles. The van der Waals surface area contributed by atoms with Gasteiger partial charge in [0.15, 0.2) is 0 Å². The van der Waals surface area contributed by atoms with Crippen LogP contribution in [0.15, 0.2) is 0 Å². The third-order valence-corrected chi connectivity index (χ3v) is 2.51. The molecule has 0 fully saturated rings. The van der Waals surface area contributed by atoms with Gasteiger partial charge in [0.25, 0.3) is 0 Å². The molecule has 0 atom stereocenters. The number of hydrogen-bond acceptors (Lipinski definition) is 1. The largest absolute Gasteiger partial charge is 0.396 e. The molecule has 0 saturated carbocycles. The van der Waals surface area contributed by atoms with Crippen molar-refractivity contribution in [3.63, 3.8) is 0 Å². The van der Waals surface area contributed by atoms with Crippen molar-refractivity contribution in [2.45, 2.75) is 71.1 Å². The molecule has 0 rings (SSSR count). The van der Waals surface area contributed by atoms with Crippen LogP contribution < -0.4 is 0 Å². The van der Waals surface area contributed by atoms with Gasteiger partial charge in [0.1, 0.15) is 0 Å². The molecule has 2 heteroatoms. The van der Waals surface area contributed by atoms with Gasteiger partial charge >= 0.3 is 0 Å². The van der Waals surface area contributed by atoms with Gasteiger partial charge in [-0.1, -0.05) is 64.7 Å². The topological polar surface area (TPSA) is 20.2 Å². The standard InChI is InChI=1S/C12H26O.Zn/c1-2-3-4-5-6-7-8-9-10-11-12-13;/h13H,2-12H2,1H3;. The number of unbranched alkanes of at least 4 members (excludes halogenated alkanes) is 9. The fourth-order valence-corrected chi connectivity index (χ4v) is 1.60. The predicted octanol–water partition coefficient (Wildman–Crippen LogP) is 3.90. The van der Waals surface area contributed by atoms with Crippen LogP contribution in [0.25, 0.3) is 0 Å². The Kier molecular flexibility index (Phi) is 19.5. The minimum atomic E-state index is 0. The zero-order chi connectivity index (χ0) is 9.78. The first kappa shape index (κ1) is 17.0. The molecule has 0 aliphatic carbocycles. The number of hydrogen-bond donors (Lipinski definition) is 1. The Bertz CT molecular complexity index is 76.4. The minimum Gasteiger partial charge on any atom is -0.396 e. The van der Waals surface area contributed by atoms with Crippen LogP contribution in [0.5, 0.6) is 0 Å². The molecule has 0 aromatic heterocycles. The van der Waals surface area contributed by atoms with Crippen molar-refractivity contribution in [3.8, 4) is 0 Å². The third-order valence-electron chi connectivity index (χ3n) is 2.51. The van der Waals surface area contributed by atoms with Crippen molar-refractivity contribution in [1.29, 1.82) is 0 Å². The Balaban J connectivity index is 0. The summed E-state index contributed by atoms with van der Waals surface area (Å²) in [6, 6.07) is 0. The van der Waals surface area contributed by atoms with E-state index in [2.05, 4.69) is 6.92 Å². The maximum absolute atomic E-state index is 8.57. The molecule has 0 saturated heterocycles. The first-order valence-electron chi connectivity index (χ1n) is 6.02. The van der Waals surface area contributed by atoms with Crippen LogP contribution in [0.1, 0.15) is 71.1 Å². The molecule has 0 aliphatic rings. The van der Waals surface area contributed by atoms with E-state index in [1.54, 1.807) is 0 Å². The van der Waals surface area contributed by atoms with Gasteiger partial charge in [-0.2, -0.15) is 0 Å². The molecular formula is C12H26OZn. The summed E-state index contributed by atoms with van der Waals surface area (Å²) < 4.78 is 0.